The lowest BCUT2D eigenvalue weighted by Gasteiger charge is -2.24. The van der Waals surface area contributed by atoms with Gasteiger partial charge >= 0.3 is 0 Å². The molecule has 24 heavy (non-hydrogen) atoms. The van der Waals surface area contributed by atoms with Gasteiger partial charge in [-0.2, -0.15) is 0 Å². The Morgan fingerprint density at radius 2 is 2.17 bits per heavy atom. The lowest BCUT2D eigenvalue weighted by Crippen LogP contribution is -2.40. The second kappa shape index (κ2) is 7.40. The Kier molecular flexibility index (Phi) is 5.26. The van der Waals surface area contributed by atoms with Gasteiger partial charge in [0.2, 0.25) is 0 Å². The summed E-state index contributed by atoms with van der Waals surface area (Å²) in [6.07, 6.45) is 2.73. The van der Waals surface area contributed by atoms with Crippen molar-refractivity contribution < 1.29 is 9.18 Å². The van der Waals surface area contributed by atoms with Gasteiger partial charge in [-0.25, -0.2) is 9.37 Å². The maximum atomic E-state index is 13.0. The molecule has 1 N–H and O–H groups in total. The Morgan fingerprint density at radius 3 is 2.88 bits per heavy atom. The fourth-order valence-electron chi connectivity index (χ4n) is 3.18. The van der Waals surface area contributed by atoms with Crippen molar-refractivity contribution in [2.24, 2.45) is 0 Å². The van der Waals surface area contributed by atoms with Crippen molar-refractivity contribution >= 4 is 17.2 Å². The second-order valence-corrected chi connectivity index (χ2v) is 7.26. The highest BCUT2D eigenvalue weighted by molar-refractivity contribution is 7.13. The van der Waals surface area contributed by atoms with E-state index in [1.165, 1.54) is 23.5 Å². The number of halogens is 1. The fraction of sp³-hybridized carbons (Fsp3) is 0.444. The van der Waals surface area contributed by atoms with E-state index < -0.39 is 0 Å². The van der Waals surface area contributed by atoms with Gasteiger partial charge in [0.25, 0.3) is 5.91 Å². The van der Waals surface area contributed by atoms with Crippen LogP contribution in [0.5, 0.6) is 0 Å². The van der Waals surface area contributed by atoms with E-state index in [0.717, 1.165) is 47.1 Å². The van der Waals surface area contributed by atoms with Crippen molar-refractivity contribution in [2.45, 2.75) is 32.2 Å². The molecule has 1 fully saturated rings. The van der Waals surface area contributed by atoms with Crippen molar-refractivity contribution in [1.29, 1.82) is 0 Å². The van der Waals surface area contributed by atoms with Gasteiger partial charge < -0.3 is 10.2 Å². The van der Waals surface area contributed by atoms with E-state index in [0.29, 0.717) is 6.42 Å². The number of nitrogens with zero attached hydrogens (tertiary/aromatic N) is 2. The third kappa shape index (κ3) is 3.65. The van der Waals surface area contributed by atoms with Crippen LogP contribution in [0.2, 0.25) is 0 Å². The fourth-order valence-corrected chi connectivity index (χ4v) is 4.24. The van der Waals surface area contributed by atoms with E-state index in [-0.39, 0.29) is 17.8 Å². The standard InChI is InChI=1S/C18H22FN3OS/c1-12-17(18(23)22-9-3-4-15(22)11-20-2)24-16(21-12)10-13-5-7-14(19)8-6-13/h5-8,15,20H,3-4,9-11H2,1-2H3. The summed E-state index contributed by atoms with van der Waals surface area (Å²) in [6, 6.07) is 6.70. The van der Waals surface area contributed by atoms with Crippen LogP contribution in [-0.4, -0.2) is 42.0 Å². The molecule has 0 bridgehead atoms. The van der Waals surface area contributed by atoms with Crippen molar-refractivity contribution in [2.75, 3.05) is 20.1 Å². The lowest BCUT2D eigenvalue weighted by atomic mass is 10.1. The molecule has 1 aromatic heterocycles. The van der Waals surface area contributed by atoms with Crippen molar-refractivity contribution in [3.63, 3.8) is 0 Å². The van der Waals surface area contributed by atoms with Crippen LogP contribution >= 0.6 is 11.3 Å². The highest BCUT2D eigenvalue weighted by Crippen LogP contribution is 2.26. The summed E-state index contributed by atoms with van der Waals surface area (Å²) in [5.41, 5.74) is 1.79. The number of nitrogens with one attached hydrogen (secondary N) is 1. The molecule has 128 valence electrons. The highest BCUT2D eigenvalue weighted by Gasteiger charge is 2.31. The van der Waals surface area contributed by atoms with Gasteiger partial charge in [0.05, 0.1) is 10.7 Å². The van der Waals surface area contributed by atoms with Gasteiger partial charge in [0, 0.05) is 25.6 Å². The van der Waals surface area contributed by atoms with Crippen LogP contribution in [-0.2, 0) is 6.42 Å². The molecule has 1 unspecified atom stereocenters. The quantitative estimate of drug-likeness (QED) is 0.904. The van der Waals surface area contributed by atoms with Crippen molar-refractivity contribution in [1.82, 2.24) is 15.2 Å². The topological polar surface area (TPSA) is 45.2 Å². The van der Waals surface area contributed by atoms with Crippen LogP contribution in [0, 0.1) is 12.7 Å². The number of hydrogen-bond acceptors (Lipinski definition) is 4. The number of hydrogen-bond donors (Lipinski definition) is 1. The lowest BCUT2D eigenvalue weighted by molar-refractivity contribution is 0.0741. The van der Waals surface area contributed by atoms with Crippen LogP contribution in [0.15, 0.2) is 24.3 Å². The molecule has 3 rings (SSSR count). The Bertz CT molecular complexity index is 714. The van der Waals surface area contributed by atoms with Crippen LogP contribution in [0.1, 0.15) is 38.8 Å². The summed E-state index contributed by atoms with van der Waals surface area (Å²) in [5, 5.41) is 4.06. The van der Waals surface area contributed by atoms with Gasteiger partial charge in [-0.3, -0.25) is 4.79 Å². The Balaban J connectivity index is 1.75. The predicted molar refractivity (Wildman–Crippen MR) is 94.0 cm³/mol. The molecule has 0 spiro atoms. The molecule has 1 amide bonds. The number of rotatable bonds is 5. The SMILES string of the molecule is CNCC1CCCN1C(=O)c1sc(Cc2ccc(F)cc2)nc1C. The van der Waals surface area contributed by atoms with Gasteiger partial charge in [-0.05, 0) is 44.5 Å². The van der Waals surface area contributed by atoms with Crippen molar-refractivity contribution in [3.05, 3.63) is 51.2 Å². The molecule has 1 aliphatic rings. The van der Waals surface area contributed by atoms with E-state index in [2.05, 4.69) is 10.3 Å². The minimum atomic E-state index is -0.241. The summed E-state index contributed by atoms with van der Waals surface area (Å²) in [6.45, 7) is 3.53. The number of aromatic nitrogens is 1. The Morgan fingerprint density at radius 1 is 1.42 bits per heavy atom. The minimum absolute atomic E-state index is 0.0908. The van der Waals surface area contributed by atoms with Crippen LogP contribution in [0.3, 0.4) is 0 Å². The van der Waals surface area contributed by atoms with E-state index in [1.54, 1.807) is 12.1 Å². The molecule has 1 atom stereocenters. The molecular formula is C18H22FN3OS. The molecule has 0 aliphatic carbocycles. The molecule has 6 heteroatoms. The summed E-state index contributed by atoms with van der Waals surface area (Å²) in [4.78, 5) is 20.1. The third-order valence-corrected chi connectivity index (χ3v) is 5.53. The number of amides is 1. The van der Waals surface area contributed by atoms with E-state index >= 15 is 0 Å². The van der Waals surface area contributed by atoms with E-state index in [9.17, 15) is 9.18 Å². The maximum absolute atomic E-state index is 13.0. The predicted octanol–water partition coefficient (Wildman–Crippen LogP) is 3.01. The number of carbonyl (C=O) groups excluding carboxylic acids is 1. The van der Waals surface area contributed by atoms with Crippen LogP contribution in [0.4, 0.5) is 4.39 Å². The summed E-state index contributed by atoms with van der Waals surface area (Å²) >= 11 is 1.46. The number of aryl methyl sites for hydroxylation is 1. The average molecular weight is 347 g/mol. The first-order chi connectivity index (χ1) is 11.6. The molecule has 2 heterocycles. The molecule has 0 radical (unpaired) electrons. The Hall–Kier alpha value is -1.79. The smallest absolute Gasteiger partial charge is 0.266 e. The first-order valence-corrected chi connectivity index (χ1v) is 9.06. The molecule has 1 saturated heterocycles. The summed E-state index contributed by atoms with van der Waals surface area (Å²) in [5.74, 6) is -0.150. The molecule has 1 aromatic carbocycles. The first kappa shape index (κ1) is 17.0. The third-order valence-electron chi connectivity index (χ3n) is 4.38. The van der Waals surface area contributed by atoms with Gasteiger partial charge in [0.1, 0.15) is 10.7 Å². The van der Waals surface area contributed by atoms with E-state index in [4.69, 9.17) is 0 Å². The zero-order valence-corrected chi connectivity index (χ0v) is 14.8. The monoisotopic (exact) mass is 347 g/mol. The zero-order chi connectivity index (χ0) is 17.1. The number of carbonyl (C=O) groups is 1. The largest absolute Gasteiger partial charge is 0.334 e. The molecule has 1 aliphatic heterocycles. The first-order valence-electron chi connectivity index (χ1n) is 8.25. The van der Waals surface area contributed by atoms with Crippen molar-refractivity contribution in [3.8, 4) is 0 Å². The van der Waals surface area contributed by atoms with Crippen LogP contribution in [0.25, 0.3) is 0 Å². The second-order valence-electron chi connectivity index (χ2n) is 6.18. The minimum Gasteiger partial charge on any atom is -0.334 e. The Labute approximate surface area is 145 Å². The molecule has 2 aromatic rings. The van der Waals surface area contributed by atoms with Gasteiger partial charge in [0.15, 0.2) is 0 Å². The normalized spacial score (nSPS) is 17.5. The van der Waals surface area contributed by atoms with Crippen LogP contribution < -0.4 is 5.32 Å². The number of thiazole rings is 1. The number of benzene rings is 1. The average Bonchev–Trinajstić information content (AvgIpc) is 3.16. The zero-order valence-electron chi connectivity index (χ0n) is 14.0. The molecule has 4 nitrogen and oxygen atoms in total. The summed E-state index contributed by atoms with van der Waals surface area (Å²) in [7, 11) is 1.92. The van der Waals surface area contributed by atoms with Gasteiger partial charge in [-0.15, -0.1) is 11.3 Å². The van der Waals surface area contributed by atoms with E-state index in [1.807, 2.05) is 18.9 Å². The highest BCUT2D eigenvalue weighted by atomic mass is 32.1. The number of likely N-dealkylation sites (N-methyl/N-ethyl adjacent to an activating group) is 1. The summed E-state index contributed by atoms with van der Waals surface area (Å²) < 4.78 is 13.0. The van der Waals surface area contributed by atoms with Gasteiger partial charge in [-0.1, -0.05) is 12.1 Å². The number of likely N-dealkylation sites (tertiary alicyclic amines) is 1. The molecule has 0 saturated carbocycles. The maximum Gasteiger partial charge on any atom is 0.266 e. The molecular weight excluding hydrogens is 325 g/mol.